The van der Waals surface area contributed by atoms with Crippen LogP contribution in [0, 0.1) is 0 Å². The Labute approximate surface area is 132 Å². The van der Waals surface area contributed by atoms with Crippen LogP contribution in [0.25, 0.3) is 10.8 Å². The lowest BCUT2D eigenvalue weighted by molar-refractivity contribution is -0.148. The highest BCUT2D eigenvalue weighted by Gasteiger charge is 2.19. The van der Waals surface area contributed by atoms with Gasteiger partial charge in [-0.1, -0.05) is 42.5 Å². The Morgan fingerprint density at radius 3 is 2.52 bits per heavy atom. The summed E-state index contributed by atoms with van der Waals surface area (Å²) < 4.78 is 4.90. The lowest BCUT2D eigenvalue weighted by Gasteiger charge is -2.09. The molecule has 2 aromatic rings. The van der Waals surface area contributed by atoms with E-state index < -0.39 is 36.8 Å². The van der Waals surface area contributed by atoms with Crippen molar-refractivity contribution >= 4 is 28.5 Å². The number of fused-ring (bicyclic) bond motifs is 1. The van der Waals surface area contributed by atoms with Gasteiger partial charge in [-0.2, -0.15) is 0 Å². The van der Waals surface area contributed by atoms with Crippen LogP contribution in [0.5, 0.6) is 0 Å². The normalized spacial score (nSPS) is 11.9. The van der Waals surface area contributed by atoms with Gasteiger partial charge in [0.05, 0.1) is 18.9 Å². The molecule has 0 saturated carbocycles. The predicted octanol–water partition coefficient (Wildman–Crippen LogP) is 1.30. The fourth-order valence-electron chi connectivity index (χ4n) is 2.21. The monoisotopic (exact) mass is 315 g/mol. The Morgan fingerprint density at radius 1 is 1.09 bits per heavy atom. The Hall–Kier alpha value is -2.73. The van der Waals surface area contributed by atoms with Crippen molar-refractivity contribution in [3.05, 3.63) is 48.0 Å². The van der Waals surface area contributed by atoms with Gasteiger partial charge in [0.25, 0.3) is 0 Å². The molecule has 0 fully saturated rings. The van der Waals surface area contributed by atoms with E-state index in [1.165, 1.54) is 0 Å². The summed E-state index contributed by atoms with van der Waals surface area (Å²) in [6.45, 7) is -0.516. The molecule has 0 saturated heterocycles. The second kappa shape index (κ2) is 7.51. The van der Waals surface area contributed by atoms with E-state index >= 15 is 0 Å². The first-order valence-corrected chi connectivity index (χ1v) is 7.09. The van der Waals surface area contributed by atoms with E-state index in [-0.39, 0.29) is 6.42 Å². The molecule has 6 nitrogen and oxygen atoms in total. The lowest BCUT2D eigenvalue weighted by Crippen LogP contribution is -2.36. The average Bonchev–Trinajstić information content (AvgIpc) is 2.52. The van der Waals surface area contributed by atoms with E-state index in [1.807, 2.05) is 42.5 Å². The number of Topliss-reactive ketones (excluding diaryl/α,β-unsaturated/α-hetero) is 1. The van der Waals surface area contributed by atoms with Crippen molar-refractivity contribution < 1.29 is 24.2 Å². The molecular formula is C17H17NO5. The van der Waals surface area contributed by atoms with Gasteiger partial charge in [0.1, 0.15) is 0 Å². The summed E-state index contributed by atoms with van der Waals surface area (Å²) in [6.07, 6.45) is -0.456. The first-order chi connectivity index (χ1) is 11.0. The summed E-state index contributed by atoms with van der Waals surface area (Å²) in [6, 6.07) is 12.1. The molecule has 1 unspecified atom stereocenters. The topological polar surface area (TPSA) is 107 Å². The number of ether oxygens (including phenoxy) is 1. The third-order valence-corrected chi connectivity index (χ3v) is 3.40. The number of carbonyl (C=O) groups is 3. The smallest absolute Gasteiger partial charge is 0.310 e. The zero-order valence-corrected chi connectivity index (χ0v) is 12.4. The minimum Gasteiger partial charge on any atom is -0.481 e. The standard InChI is InChI=1S/C17H17NO5/c18-14(9-16(20)21)15(19)10-23-17(22)8-12-6-3-5-11-4-1-2-7-13(11)12/h1-7,14H,8-10,18H2,(H,20,21). The van der Waals surface area contributed by atoms with Crippen LogP contribution in [0.1, 0.15) is 12.0 Å². The molecule has 0 aliphatic rings. The Bertz CT molecular complexity index is 735. The number of nitrogens with two attached hydrogens (primary N) is 1. The molecule has 6 heteroatoms. The van der Waals surface area contributed by atoms with Crippen molar-refractivity contribution in [2.75, 3.05) is 6.61 Å². The van der Waals surface area contributed by atoms with E-state index in [2.05, 4.69) is 0 Å². The number of ketones is 1. The highest BCUT2D eigenvalue weighted by molar-refractivity contribution is 5.91. The van der Waals surface area contributed by atoms with Crippen molar-refractivity contribution in [1.82, 2.24) is 0 Å². The molecule has 0 heterocycles. The first-order valence-electron chi connectivity index (χ1n) is 7.09. The van der Waals surface area contributed by atoms with Crippen LogP contribution in [0.3, 0.4) is 0 Å². The molecule has 1 atom stereocenters. The van der Waals surface area contributed by atoms with Gasteiger partial charge in [-0.15, -0.1) is 0 Å². The van der Waals surface area contributed by atoms with Crippen molar-refractivity contribution in [1.29, 1.82) is 0 Å². The Morgan fingerprint density at radius 2 is 1.78 bits per heavy atom. The summed E-state index contributed by atoms with van der Waals surface area (Å²) in [4.78, 5) is 33.9. The first kappa shape index (κ1) is 16.6. The van der Waals surface area contributed by atoms with Crippen LogP contribution in [-0.4, -0.2) is 35.5 Å². The SMILES string of the molecule is NC(CC(=O)O)C(=O)COC(=O)Cc1cccc2ccccc12. The molecule has 0 aliphatic heterocycles. The number of hydrogen-bond donors (Lipinski definition) is 2. The third-order valence-electron chi connectivity index (χ3n) is 3.40. The van der Waals surface area contributed by atoms with Crippen LogP contribution in [0.2, 0.25) is 0 Å². The summed E-state index contributed by atoms with van der Waals surface area (Å²) in [7, 11) is 0. The molecule has 23 heavy (non-hydrogen) atoms. The summed E-state index contributed by atoms with van der Waals surface area (Å²) in [5.74, 6) is -2.34. The van der Waals surface area contributed by atoms with E-state index in [0.29, 0.717) is 0 Å². The minimum atomic E-state index is -1.17. The zero-order valence-electron chi connectivity index (χ0n) is 12.4. The third kappa shape index (κ3) is 4.62. The molecular weight excluding hydrogens is 298 g/mol. The van der Waals surface area contributed by atoms with Crippen molar-refractivity contribution in [3.63, 3.8) is 0 Å². The second-order valence-corrected chi connectivity index (χ2v) is 5.15. The number of carboxylic acid groups (broad SMARTS) is 1. The molecule has 0 aliphatic carbocycles. The average molecular weight is 315 g/mol. The Kier molecular flexibility index (Phi) is 5.43. The largest absolute Gasteiger partial charge is 0.481 e. The number of hydrogen-bond acceptors (Lipinski definition) is 5. The van der Waals surface area contributed by atoms with Gasteiger partial charge in [0.15, 0.2) is 12.4 Å². The van der Waals surface area contributed by atoms with E-state index in [0.717, 1.165) is 16.3 Å². The van der Waals surface area contributed by atoms with Gasteiger partial charge < -0.3 is 15.6 Å². The molecule has 0 amide bonds. The minimum absolute atomic E-state index is 0.0306. The second-order valence-electron chi connectivity index (χ2n) is 5.15. The van der Waals surface area contributed by atoms with Crippen LogP contribution in [-0.2, 0) is 25.5 Å². The molecule has 0 spiro atoms. The van der Waals surface area contributed by atoms with E-state index in [1.54, 1.807) is 0 Å². The van der Waals surface area contributed by atoms with Crippen LogP contribution in [0.4, 0.5) is 0 Å². The van der Waals surface area contributed by atoms with Crippen molar-refractivity contribution in [3.8, 4) is 0 Å². The van der Waals surface area contributed by atoms with Gasteiger partial charge in [-0.25, -0.2) is 0 Å². The molecule has 3 N–H and O–H groups in total. The molecule has 0 aromatic heterocycles. The summed E-state index contributed by atoms with van der Waals surface area (Å²) in [5, 5.41) is 10.5. The van der Waals surface area contributed by atoms with Gasteiger partial charge in [-0.05, 0) is 16.3 Å². The maximum Gasteiger partial charge on any atom is 0.310 e. The van der Waals surface area contributed by atoms with Gasteiger partial charge in [-0.3, -0.25) is 14.4 Å². The molecule has 120 valence electrons. The summed E-state index contributed by atoms with van der Waals surface area (Å²) in [5.41, 5.74) is 6.21. The van der Waals surface area contributed by atoms with Crippen molar-refractivity contribution in [2.45, 2.75) is 18.9 Å². The van der Waals surface area contributed by atoms with Crippen LogP contribution < -0.4 is 5.73 Å². The van der Waals surface area contributed by atoms with Gasteiger partial charge in [0.2, 0.25) is 0 Å². The molecule has 2 aromatic carbocycles. The highest BCUT2D eigenvalue weighted by Crippen LogP contribution is 2.19. The zero-order chi connectivity index (χ0) is 16.8. The van der Waals surface area contributed by atoms with Crippen molar-refractivity contribution in [2.24, 2.45) is 5.73 Å². The number of esters is 1. The fourth-order valence-corrected chi connectivity index (χ4v) is 2.21. The highest BCUT2D eigenvalue weighted by atomic mass is 16.5. The van der Waals surface area contributed by atoms with Gasteiger partial charge in [0, 0.05) is 0 Å². The Balaban J connectivity index is 1.94. The summed E-state index contributed by atoms with van der Waals surface area (Å²) >= 11 is 0. The lowest BCUT2D eigenvalue weighted by atomic mass is 10.0. The van der Waals surface area contributed by atoms with E-state index in [4.69, 9.17) is 15.6 Å². The number of aliphatic carboxylic acids is 1. The predicted molar refractivity (Wildman–Crippen MR) is 83.8 cm³/mol. The molecule has 0 radical (unpaired) electrons. The maximum absolute atomic E-state index is 11.9. The quantitative estimate of drug-likeness (QED) is 0.746. The van der Waals surface area contributed by atoms with Crippen LogP contribution in [0.15, 0.2) is 42.5 Å². The molecule has 2 rings (SSSR count). The number of carboxylic acids is 1. The molecule has 0 bridgehead atoms. The van der Waals surface area contributed by atoms with Crippen LogP contribution >= 0.6 is 0 Å². The van der Waals surface area contributed by atoms with E-state index in [9.17, 15) is 14.4 Å². The maximum atomic E-state index is 11.9. The van der Waals surface area contributed by atoms with Gasteiger partial charge >= 0.3 is 11.9 Å². The number of rotatable bonds is 7. The number of carbonyl (C=O) groups excluding carboxylic acids is 2. The number of benzene rings is 2. The fraction of sp³-hybridized carbons (Fsp3) is 0.235.